The number of anilines is 1. The van der Waals surface area contributed by atoms with E-state index in [4.69, 9.17) is 10.00 Å². The minimum Gasteiger partial charge on any atom is -0.479 e. The average Bonchev–Trinajstić information content (AvgIpc) is 2.48. The largest absolute Gasteiger partial charge is 0.479 e. The highest BCUT2D eigenvalue weighted by Crippen LogP contribution is 2.33. The fraction of sp³-hybridized carbons (Fsp3) is 0.143. The van der Waals surface area contributed by atoms with Crippen molar-refractivity contribution in [3.8, 4) is 23.1 Å². The van der Waals surface area contributed by atoms with Gasteiger partial charge >= 0.3 is 0 Å². The molecule has 1 aromatic carbocycles. The molecule has 0 spiro atoms. The lowest BCUT2D eigenvalue weighted by molar-refractivity contribution is -0.122. The summed E-state index contributed by atoms with van der Waals surface area (Å²) in [6.45, 7) is 1.69. The number of ether oxygens (including phenoxy) is 1. The van der Waals surface area contributed by atoms with Crippen molar-refractivity contribution in [1.82, 2.24) is 9.97 Å². The van der Waals surface area contributed by atoms with E-state index in [9.17, 15) is 4.79 Å². The fourth-order valence-electron chi connectivity index (χ4n) is 1.94. The summed E-state index contributed by atoms with van der Waals surface area (Å²) in [5, 5.41) is 11.6. The molecule has 0 fully saturated rings. The van der Waals surface area contributed by atoms with Crippen LogP contribution in [0.4, 0.5) is 5.69 Å². The van der Waals surface area contributed by atoms with Crippen LogP contribution >= 0.6 is 0 Å². The van der Waals surface area contributed by atoms with Crippen molar-refractivity contribution in [2.75, 3.05) is 5.32 Å². The molecule has 1 unspecified atom stereocenters. The smallest absolute Gasteiger partial charge is 0.265 e. The van der Waals surface area contributed by atoms with Crippen LogP contribution in [0.15, 0.2) is 30.5 Å². The quantitative estimate of drug-likeness (QED) is 0.849. The second-order valence-corrected chi connectivity index (χ2v) is 4.34. The molecule has 0 radical (unpaired) electrons. The maximum absolute atomic E-state index is 11.6. The average molecular weight is 266 g/mol. The summed E-state index contributed by atoms with van der Waals surface area (Å²) in [5.41, 5.74) is 2.00. The third-order valence-electron chi connectivity index (χ3n) is 2.96. The van der Waals surface area contributed by atoms with Crippen LogP contribution in [0.3, 0.4) is 0 Å². The van der Waals surface area contributed by atoms with Gasteiger partial charge in [0.25, 0.3) is 5.91 Å². The lowest BCUT2D eigenvalue weighted by Crippen LogP contribution is -2.34. The van der Waals surface area contributed by atoms with Gasteiger partial charge in [-0.05, 0) is 31.2 Å². The van der Waals surface area contributed by atoms with Gasteiger partial charge in [-0.1, -0.05) is 0 Å². The second-order valence-electron chi connectivity index (χ2n) is 4.34. The number of fused-ring (bicyclic) bond motifs is 1. The Morgan fingerprint density at radius 2 is 2.25 bits per heavy atom. The van der Waals surface area contributed by atoms with E-state index in [-0.39, 0.29) is 11.7 Å². The molecule has 1 aliphatic heterocycles. The second kappa shape index (κ2) is 4.63. The lowest BCUT2D eigenvalue weighted by atomic mass is 10.1. The molecular formula is C14H10N4O2. The number of aromatic nitrogens is 2. The summed E-state index contributed by atoms with van der Waals surface area (Å²) in [4.78, 5) is 19.5. The molecular weight excluding hydrogens is 256 g/mol. The number of carbonyl (C=O) groups excluding carboxylic acids is 1. The van der Waals surface area contributed by atoms with Gasteiger partial charge in [-0.15, -0.1) is 0 Å². The van der Waals surface area contributed by atoms with E-state index in [0.717, 1.165) is 5.56 Å². The first-order valence-corrected chi connectivity index (χ1v) is 6.02. The Balaban J connectivity index is 2.02. The first kappa shape index (κ1) is 12.1. The molecule has 1 N–H and O–H groups in total. The highest BCUT2D eigenvalue weighted by atomic mass is 16.5. The Morgan fingerprint density at radius 1 is 1.40 bits per heavy atom. The van der Waals surface area contributed by atoms with Crippen molar-refractivity contribution in [3.63, 3.8) is 0 Å². The van der Waals surface area contributed by atoms with Crippen LogP contribution < -0.4 is 10.1 Å². The zero-order valence-corrected chi connectivity index (χ0v) is 10.6. The molecule has 6 heteroatoms. The number of hydrogen-bond acceptors (Lipinski definition) is 5. The van der Waals surface area contributed by atoms with E-state index >= 15 is 0 Å². The van der Waals surface area contributed by atoms with Crippen LogP contribution in [0, 0.1) is 11.3 Å². The summed E-state index contributed by atoms with van der Waals surface area (Å²) in [6, 6.07) is 8.97. The van der Waals surface area contributed by atoms with E-state index < -0.39 is 6.10 Å². The summed E-state index contributed by atoms with van der Waals surface area (Å²) < 4.78 is 5.48. The minimum absolute atomic E-state index is 0.106. The molecule has 0 aliphatic carbocycles. The van der Waals surface area contributed by atoms with Crippen LogP contribution in [0.2, 0.25) is 0 Å². The molecule has 2 aromatic rings. The molecule has 2 heterocycles. The highest BCUT2D eigenvalue weighted by Gasteiger charge is 2.23. The Labute approximate surface area is 115 Å². The summed E-state index contributed by atoms with van der Waals surface area (Å²) >= 11 is 0. The van der Waals surface area contributed by atoms with Gasteiger partial charge in [0.15, 0.2) is 6.10 Å². The van der Waals surface area contributed by atoms with E-state index in [1.54, 1.807) is 25.1 Å². The predicted octanol–water partition coefficient (Wildman–Crippen LogP) is 1.73. The van der Waals surface area contributed by atoms with Crippen molar-refractivity contribution < 1.29 is 9.53 Å². The number of amides is 1. The predicted molar refractivity (Wildman–Crippen MR) is 70.9 cm³/mol. The monoisotopic (exact) mass is 266 g/mol. The molecule has 1 aliphatic rings. The number of nitrogens with one attached hydrogen (secondary N) is 1. The number of hydrogen-bond donors (Lipinski definition) is 1. The van der Waals surface area contributed by atoms with Crippen LogP contribution in [-0.4, -0.2) is 22.0 Å². The lowest BCUT2D eigenvalue weighted by Gasteiger charge is -2.23. The van der Waals surface area contributed by atoms with Gasteiger partial charge in [-0.25, -0.2) is 9.97 Å². The number of nitrogens with zero attached hydrogens (tertiary/aromatic N) is 3. The molecule has 0 saturated heterocycles. The van der Waals surface area contributed by atoms with Gasteiger partial charge in [-0.2, -0.15) is 5.26 Å². The van der Waals surface area contributed by atoms with E-state index in [0.29, 0.717) is 17.1 Å². The number of nitriles is 1. The maximum Gasteiger partial charge on any atom is 0.265 e. The van der Waals surface area contributed by atoms with Gasteiger partial charge in [0, 0.05) is 11.8 Å². The normalized spacial score (nSPS) is 16.6. The van der Waals surface area contributed by atoms with E-state index in [1.165, 1.54) is 6.20 Å². The van der Waals surface area contributed by atoms with E-state index in [2.05, 4.69) is 15.3 Å². The summed E-state index contributed by atoms with van der Waals surface area (Å²) in [6.07, 6.45) is 1.02. The minimum atomic E-state index is -0.502. The molecule has 6 nitrogen and oxygen atoms in total. The van der Waals surface area contributed by atoms with Crippen LogP contribution in [-0.2, 0) is 4.79 Å². The van der Waals surface area contributed by atoms with Crippen molar-refractivity contribution in [3.05, 3.63) is 36.3 Å². The molecule has 3 rings (SSSR count). The summed E-state index contributed by atoms with van der Waals surface area (Å²) in [7, 11) is 0. The van der Waals surface area contributed by atoms with Gasteiger partial charge < -0.3 is 10.1 Å². The number of rotatable bonds is 1. The molecule has 0 saturated carbocycles. The fourth-order valence-corrected chi connectivity index (χ4v) is 1.94. The van der Waals surface area contributed by atoms with Gasteiger partial charge in [0.2, 0.25) is 5.82 Å². The SMILES string of the molecule is CC1Oc2ccc(-c3ccnc(C#N)n3)cc2NC1=O. The topological polar surface area (TPSA) is 87.9 Å². The number of benzene rings is 1. The molecule has 98 valence electrons. The van der Waals surface area contributed by atoms with Gasteiger partial charge in [-0.3, -0.25) is 4.79 Å². The first-order chi connectivity index (χ1) is 9.67. The van der Waals surface area contributed by atoms with Gasteiger partial charge in [0.05, 0.1) is 11.4 Å². The molecule has 1 aromatic heterocycles. The molecule has 0 bridgehead atoms. The first-order valence-electron chi connectivity index (χ1n) is 6.02. The van der Waals surface area contributed by atoms with Crippen LogP contribution in [0.5, 0.6) is 5.75 Å². The Morgan fingerprint density at radius 3 is 3.05 bits per heavy atom. The van der Waals surface area contributed by atoms with Crippen molar-refractivity contribution in [2.24, 2.45) is 0 Å². The molecule has 1 atom stereocenters. The Bertz CT molecular complexity index is 736. The number of carbonyl (C=O) groups is 1. The Kier molecular flexibility index (Phi) is 2.80. The standard InChI is InChI=1S/C14H10N4O2/c1-8-14(19)18-11-6-9(2-3-12(11)20-8)10-4-5-16-13(7-15)17-10/h2-6,8H,1H3,(H,18,19). The van der Waals surface area contributed by atoms with Crippen LogP contribution in [0.25, 0.3) is 11.3 Å². The van der Waals surface area contributed by atoms with Crippen molar-refractivity contribution >= 4 is 11.6 Å². The maximum atomic E-state index is 11.6. The third kappa shape index (κ3) is 2.06. The highest BCUT2D eigenvalue weighted by molar-refractivity contribution is 5.98. The zero-order valence-electron chi connectivity index (χ0n) is 10.6. The van der Waals surface area contributed by atoms with Crippen molar-refractivity contribution in [1.29, 1.82) is 5.26 Å². The molecule has 20 heavy (non-hydrogen) atoms. The zero-order chi connectivity index (χ0) is 14.1. The van der Waals surface area contributed by atoms with Crippen molar-refractivity contribution in [2.45, 2.75) is 13.0 Å². The van der Waals surface area contributed by atoms with Crippen LogP contribution in [0.1, 0.15) is 12.7 Å². The molecule has 1 amide bonds. The summed E-state index contributed by atoms with van der Waals surface area (Å²) in [5.74, 6) is 0.541. The van der Waals surface area contributed by atoms with E-state index in [1.807, 2.05) is 12.1 Å². The van der Waals surface area contributed by atoms with Gasteiger partial charge in [0.1, 0.15) is 11.8 Å². The third-order valence-corrected chi connectivity index (χ3v) is 2.96. The Hall–Kier alpha value is -2.94.